The second kappa shape index (κ2) is 9.51. The summed E-state index contributed by atoms with van der Waals surface area (Å²) in [7, 11) is 2.05. The lowest BCUT2D eigenvalue weighted by Gasteiger charge is -2.18. The van der Waals surface area contributed by atoms with Crippen LogP contribution in [-0.2, 0) is 4.79 Å². The molecule has 1 unspecified atom stereocenters. The molecule has 1 amide bonds. The molecular weight excluding hydrogens is 449 g/mol. The van der Waals surface area contributed by atoms with Gasteiger partial charge in [0.15, 0.2) is 5.65 Å². The summed E-state index contributed by atoms with van der Waals surface area (Å²) in [6.45, 7) is 5.31. The van der Waals surface area contributed by atoms with E-state index >= 15 is 0 Å². The lowest BCUT2D eigenvalue weighted by atomic mass is 10.2. The molecule has 35 heavy (non-hydrogen) atoms. The van der Waals surface area contributed by atoms with Gasteiger partial charge in [-0.15, -0.1) is 0 Å². The molecule has 5 rings (SSSR count). The van der Waals surface area contributed by atoms with E-state index in [-0.39, 0.29) is 17.8 Å². The summed E-state index contributed by atoms with van der Waals surface area (Å²) in [4.78, 5) is 23.2. The molecule has 9 nitrogen and oxygen atoms in total. The monoisotopic (exact) mass is 473 g/mol. The molecule has 0 spiro atoms. The van der Waals surface area contributed by atoms with E-state index in [0.29, 0.717) is 39.8 Å². The second-order valence-corrected chi connectivity index (χ2v) is 8.33. The van der Waals surface area contributed by atoms with Crippen molar-refractivity contribution in [3.63, 3.8) is 0 Å². The number of likely N-dealkylation sites (tertiary alicyclic amines) is 1. The van der Waals surface area contributed by atoms with Gasteiger partial charge in [-0.3, -0.25) is 4.79 Å². The summed E-state index contributed by atoms with van der Waals surface area (Å²) in [5.41, 5.74) is 2.24. The molecule has 2 N–H and O–H groups in total. The quantitative estimate of drug-likeness (QED) is 0.393. The highest BCUT2D eigenvalue weighted by molar-refractivity contribution is 6.00. The molecule has 2 aromatic carbocycles. The van der Waals surface area contributed by atoms with Gasteiger partial charge in [0.05, 0.1) is 23.0 Å². The normalized spacial score (nSPS) is 15.8. The van der Waals surface area contributed by atoms with Crippen LogP contribution in [0.3, 0.4) is 0 Å². The van der Waals surface area contributed by atoms with Crippen LogP contribution in [0.4, 0.5) is 21.7 Å². The first-order chi connectivity index (χ1) is 17.0. The van der Waals surface area contributed by atoms with Crippen LogP contribution >= 0.6 is 0 Å². The first-order valence-corrected chi connectivity index (χ1v) is 11.1. The van der Waals surface area contributed by atoms with Crippen molar-refractivity contribution in [3.8, 4) is 11.4 Å². The molecule has 4 aromatic rings. The molecular formula is C25H24FN7O2. The highest BCUT2D eigenvalue weighted by Gasteiger charge is 2.22. The fourth-order valence-electron chi connectivity index (χ4n) is 3.97. The van der Waals surface area contributed by atoms with Gasteiger partial charge >= 0.3 is 0 Å². The number of hydrogen-bond donors (Lipinski definition) is 2. The third kappa shape index (κ3) is 4.97. The molecule has 10 heteroatoms. The molecule has 1 aliphatic heterocycles. The van der Waals surface area contributed by atoms with Crippen molar-refractivity contribution in [1.82, 2.24) is 24.6 Å². The Bertz CT molecular complexity index is 1400. The molecule has 0 saturated carbocycles. The largest absolute Gasteiger partial charge is 0.487 e. The number of likely N-dealkylation sites (N-methyl/N-ethyl adjacent to an activating group) is 1. The second-order valence-electron chi connectivity index (χ2n) is 8.33. The van der Waals surface area contributed by atoms with Gasteiger partial charge in [-0.05, 0) is 55.9 Å². The van der Waals surface area contributed by atoms with Crippen LogP contribution in [0.2, 0.25) is 0 Å². The summed E-state index contributed by atoms with van der Waals surface area (Å²) in [5, 5.41) is 11.0. The topological polar surface area (TPSA) is 97.2 Å². The molecule has 1 saturated heterocycles. The number of nitrogens with zero attached hydrogens (tertiary/aromatic N) is 5. The van der Waals surface area contributed by atoms with Gasteiger partial charge in [0, 0.05) is 25.0 Å². The number of carbonyl (C=O) groups excluding carboxylic acids is 1. The molecule has 2 aromatic heterocycles. The Morgan fingerprint density at radius 3 is 2.91 bits per heavy atom. The number of nitrogens with one attached hydrogen (secondary N) is 2. The maximum absolute atomic E-state index is 13.7. The standard InChI is InChI=1S/C25H24FN7O2/c1-3-23(34)30-21-12-18(7-8-22(21)35-20-9-10-32(2)15-20)29-25-27-13-16-14-28-33(24(16)31-25)19-6-4-5-17(26)11-19/h3-8,11-14,20H,1,9-10,15H2,2H3,(H,30,34)(H,27,29,31). The first kappa shape index (κ1) is 22.5. The molecule has 0 radical (unpaired) electrons. The van der Waals surface area contributed by atoms with Gasteiger partial charge in [0.2, 0.25) is 11.9 Å². The highest BCUT2D eigenvalue weighted by Crippen LogP contribution is 2.31. The van der Waals surface area contributed by atoms with Crippen LogP contribution < -0.4 is 15.4 Å². The van der Waals surface area contributed by atoms with Crippen molar-refractivity contribution in [2.45, 2.75) is 12.5 Å². The van der Waals surface area contributed by atoms with Crippen molar-refractivity contribution < 1.29 is 13.9 Å². The minimum Gasteiger partial charge on any atom is -0.487 e. The third-order valence-corrected chi connectivity index (χ3v) is 5.68. The van der Waals surface area contributed by atoms with Crippen LogP contribution in [0.1, 0.15) is 6.42 Å². The van der Waals surface area contributed by atoms with E-state index in [1.54, 1.807) is 41.3 Å². The van der Waals surface area contributed by atoms with Crippen LogP contribution in [-0.4, -0.2) is 56.8 Å². The Balaban J connectivity index is 1.43. The van der Waals surface area contributed by atoms with Crippen molar-refractivity contribution in [2.24, 2.45) is 0 Å². The predicted octanol–water partition coefficient (Wildman–Crippen LogP) is 3.91. The number of ether oxygens (including phenoxy) is 1. The number of halogens is 1. The van der Waals surface area contributed by atoms with Crippen molar-refractivity contribution in [1.29, 1.82) is 0 Å². The summed E-state index contributed by atoms with van der Waals surface area (Å²) >= 11 is 0. The molecule has 3 heterocycles. The number of aromatic nitrogens is 4. The molecule has 0 bridgehead atoms. The average molecular weight is 474 g/mol. The Morgan fingerprint density at radius 1 is 1.26 bits per heavy atom. The lowest BCUT2D eigenvalue weighted by Crippen LogP contribution is -2.22. The van der Waals surface area contributed by atoms with E-state index in [2.05, 4.69) is 37.2 Å². The van der Waals surface area contributed by atoms with Crippen LogP contribution in [0.15, 0.2) is 67.5 Å². The van der Waals surface area contributed by atoms with E-state index in [9.17, 15) is 9.18 Å². The molecule has 1 aliphatic rings. The number of anilines is 3. The van der Waals surface area contributed by atoms with Crippen LogP contribution in [0.5, 0.6) is 5.75 Å². The predicted molar refractivity (Wildman–Crippen MR) is 132 cm³/mol. The summed E-state index contributed by atoms with van der Waals surface area (Å²) < 4.78 is 21.4. The van der Waals surface area contributed by atoms with Gasteiger partial charge in [0.25, 0.3) is 0 Å². The number of hydrogen-bond acceptors (Lipinski definition) is 7. The highest BCUT2D eigenvalue weighted by atomic mass is 19.1. The van der Waals surface area contributed by atoms with Crippen molar-refractivity contribution in [2.75, 3.05) is 30.8 Å². The number of carbonyl (C=O) groups is 1. The van der Waals surface area contributed by atoms with E-state index in [1.165, 1.54) is 18.2 Å². The van der Waals surface area contributed by atoms with E-state index in [1.807, 2.05) is 13.1 Å². The van der Waals surface area contributed by atoms with Crippen LogP contribution in [0, 0.1) is 5.82 Å². The molecule has 1 atom stereocenters. The lowest BCUT2D eigenvalue weighted by molar-refractivity contribution is -0.111. The van der Waals surface area contributed by atoms with Gasteiger partial charge < -0.3 is 20.3 Å². The van der Waals surface area contributed by atoms with Gasteiger partial charge in [-0.1, -0.05) is 12.6 Å². The summed E-state index contributed by atoms with van der Waals surface area (Å²) in [5.74, 6) is 0.195. The Hall–Kier alpha value is -4.31. The van der Waals surface area contributed by atoms with Gasteiger partial charge in [-0.2, -0.15) is 10.1 Å². The number of amides is 1. The molecule has 0 aliphatic carbocycles. The zero-order valence-corrected chi connectivity index (χ0v) is 19.1. The smallest absolute Gasteiger partial charge is 0.247 e. The minimum atomic E-state index is -0.362. The van der Waals surface area contributed by atoms with Crippen molar-refractivity contribution >= 4 is 34.3 Å². The van der Waals surface area contributed by atoms with E-state index in [0.717, 1.165) is 19.5 Å². The van der Waals surface area contributed by atoms with Gasteiger partial charge in [0.1, 0.15) is 17.7 Å². The third-order valence-electron chi connectivity index (χ3n) is 5.68. The van der Waals surface area contributed by atoms with Gasteiger partial charge in [-0.25, -0.2) is 14.1 Å². The van der Waals surface area contributed by atoms with Crippen molar-refractivity contribution in [3.05, 3.63) is 73.3 Å². The number of fused-ring (bicyclic) bond motifs is 1. The zero-order chi connectivity index (χ0) is 24.4. The number of benzene rings is 2. The Morgan fingerprint density at radius 2 is 2.14 bits per heavy atom. The summed E-state index contributed by atoms with van der Waals surface area (Å²) in [6, 6.07) is 11.5. The molecule has 178 valence electrons. The zero-order valence-electron chi connectivity index (χ0n) is 19.1. The van der Waals surface area contributed by atoms with E-state index < -0.39 is 0 Å². The Kier molecular flexibility index (Phi) is 6.11. The van der Waals surface area contributed by atoms with E-state index in [4.69, 9.17) is 4.74 Å². The SMILES string of the molecule is C=CC(=O)Nc1cc(Nc2ncc3cnn(-c4cccc(F)c4)c3n2)ccc1OC1CCN(C)C1. The first-order valence-electron chi connectivity index (χ1n) is 11.1. The number of rotatable bonds is 7. The van der Waals surface area contributed by atoms with Crippen LogP contribution in [0.25, 0.3) is 16.7 Å². The fourth-order valence-corrected chi connectivity index (χ4v) is 3.97. The maximum atomic E-state index is 13.7. The average Bonchev–Trinajstić information content (AvgIpc) is 3.46. The fraction of sp³-hybridized carbons (Fsp3) is 0.200. The maximum Gasteiger partial charge on any atom is 0.247 e. The minimum absolute atomic E-state index is 0.0482. The summed E-state index contributed by atoms with van der Waals surface area (Å²) in [6.07, 6.45) is 5.43. The Labute approximate surface area is 201 Å². The molecule has 1 fully saturated rings.